The lowest BCUT2D eigenvalue weighted by atomic mass is 10.1. The number of rotatable bonds is 9. The lowest BCUT2D eigenvalue weighted by molar-refractivity contribution is -0.130. The molecular weight excluding hydrogens is 312 g/mol. The van der Waals surface area contributed by atoms with Gasteiger partial charge < -0.3 is 21.7 Å². The second-order valence-electron chi connectivity index (χ2n) is 5.21. The minimum Gasteiger partial charge on any atom is -0.347 e. The zero-order valence-corrected chi connectivity index (χ0v) is 13.5. The molecule has 0 heterocycles. The number of carbonyl (C=O) groups excluding carboxylic acids is 4. The maximum absolute atomic E-state index is 12.2. The van der Waals surface area contributed by atoms with Crippen molar-refractivity contribution < 1.29 is 19.2 Å². The van der Waals surface area contributed by atoms with Crippen LogP contribution >= 0.6 is 0 Å². The van der Waals surface area contributed by atoms with Gasteiger partial charge in [0.2, 0.25) is 17.7 Å². The minimum absolute atomic E-state index is 0.107. The molecule has 1 aromatic carbocycles. The summed E-state index contributed by atoms with van der Waals surface area (Å²) in [5, 5.41) is 7.35. The van der Waals surface area contributed by atoms with Gasteiger partial charge in [-0.25, -0.2) is 0 Å². The van der Waals surface area contributed by atoms with Crippen LogP contribution in [0.2, 0.25) is 0 Å². The maximum atomic E-state index is 12.2. The summed E-state index contributed by atoms with van der Waals surface area (Å²) < 4.78 is 0. The molecule has 0 aliphatic heterocycles. The molecule has 130 valence electrons. The van der Waals surface area contributed by atoms with Crippen molar-refractivity contribution in [3.05, 3.63) is 35.9 Å². The van der Waals surface area contributed by atoms with Crippen molar-refractivity contribution in [1.29, 1.82) is 0 Å². The van der Waals surface area contributed by atoms with Crippen molar-refractivity contribution in [3.63, 3.8) is 0 Å². The number of nitrogens with one attached hydrogen (secondary N) is 3. The first-order valence-electron chi connectivity index (χ1n) is 7.49. The van der Waals surface area contributed by atoms with Gasteiger partial charge in [0.25, 0.3) is 0 Å². The number of carbonyl (C=O) groups is 4. The Balaban J connectivity index is 2.69. The molecule has 1 rings (SSSR count). The Labute approximate surface area is 140 Å². The smallest absolute Gasteiger partial charge is 0.243 e. The highest BCUT2D eigenvalue weighted by atomic mass is 16.2. The number of hydrogen-bond donors (Lipinski definition) is 4. The third kappa shape index (κ3) is 7.50. The first-order chi connectivity index (χ1) is 11.4. The number of benzene rings is 1. The Hall–Kier alpha value is -2.74. The van der Waals surface area contributed by atoms with Crippen LogP contribution in [0.5, 0.6) is 0 Å². The largest absolute Gasteiger partial charge is 0.347 e. The predicted molar refractivity (Wildman–Crippen MR) is 87.8 cm³/mol. The van der Waals surface area contributed by atoms with E-state index in [9.17, 15) is 19.2 Å². The van der Waals surface area contributed by atoms with Crippen molar-refractivity contribution in [1.82, 2.24) is 16.0 Å². The van der Waals surface area contributed by atoms with E-state index in [-0.39, 0.29) is 31.8 Å². The second kappa shape index (κ2) is 10.1. The summed E-state index contributed by atoms with van der Waals surface area (Å²) >= 11 is 0. The van der Waals surface area contributed by atoms with E-state index in [1.807, 2.05) is 30.3 Å². The number of nitrogens with two attached hydrogens (primary N) is 1. The highest BCUT2D eigenvalue weighted by Gasteiger charge is 2.21. The standard InChI is InChI=1S/C16H22N4O4/c1-11(21)9-19-16(24)13(7-12-5-3-2-4-6-12)20-15(23)10-18-14(22)8-17/h2-6,13H,7-10,17H2,1H3,(H,18,22)(H,19,24)(H,20,23). The zero-order valence-electron chi connectivity index (χ0n) is 13.5. The molecule has 8 heteroatoms. The van der Waals surface area contributed by atoms with E-state index in [4.69, 9.17) is 5.73 Å². The van der Waals surface area contributed by atoms with Gasteiger partial charge in [-0.05, 0) is 12.5 Å². The average Bonchev–Trinajstić information content (AvgIpc) is 2.57. The molecule has 0 fully saturated rings. The fourth-order valence-electron chi connectivity index (χ4n) is 1.89. The molecule has 0 spiro atoms. The average molecular weight is 334 g/mol. The Bertz CT molecular complexity index is 589. The molecule has 1 atom stereocenters. The summed E-state index contributed by atoms with van der Waals surface area (Å²) in [6, 6.07) is 8.29. The molecule has 0 bridgehead atoms. The van der Waals surface area contributed by atoms with Crippen LogP contribution in [-0.2, 0) is 25.6 Å². The zero-order chi connectivity index (χ0) is 17.9. The lowest BCUT2D eigenvalue weighted by Gasteiger charge is -2.18. The van der Waals surface area contributed by atoms with E-state index >= 15 is 0 Å². The Morgan fingerprint density at radius 3 is 2.25 bits per heavy atom. The van der Waals surface area contributed by atoms with Gasteiger partial charge in [0, 0.05) is 6.42 Å². The SMILES string of the molecule is CC(=O)CNC(=O)C(Cc1ccccc1)NC(=O)CNC(=O)CN. The Morgan fingerprint density at radius 1 is 1.00 bits per heavy atom. The van der Waals surface area contributed by atoms with Crippen LogP contribution in [0.3, 0.4) is 0 Å². The monoisotopic (exact) mass is 334 g/mol. The molecule has 0 aliphatic carbocycles. The summed E-state index contributed by atoms with van der Waals surface area (Å²) in [4.78, 5) is 46.2. The van der Waals surface area contributed by atoms with Gasteiger partial charge in [0.1, 0.15) is 11.8 Å². The Morgan fingerprint density at radius 2 is 1.67 bits per heavy atom. The summed E-state index contributed by atoms with van der Waals surface area (Å²) in [5.74, 6) is -1.64. The van der Waals surface area contributed by atoms with Crippen molar-refractivity contribution in [3.8, 4) is 0 Å². The minimum atomic E-state index is -0.853. The van der Waals surface area contributed by atoms with E-state index < -0.39 is 23.8 Å². The highest BCUT2D eigenvalue weighted by Crippen LogP contribution is 2.03. The van der Waals surface area contributed by atoms with Crippen LogP contribution in [0.4, 0.5) is 0 Å². The Kier molecular flexibility index (Phi) is 8.14. The van der Waals surface area contributed by atoms with E-state index in [1.165, 1.54) is 6.92 Å². The second-order valence-corrected chi connectivity index (χ2v) is 5.21. The van der Waals surface area contributed by atoms with Gasteiger partial charge in [-0.3, -0.25) is 19.2 Å². The maximum Gasteiger partial charge on any atom is 0.243 e. The fourth-order valence-corrected chi connectivity index (χ4v) is 1.89. The topological polar surface area (TPSA) is 130 Å². The summed E-state index contributed by atoms with van der Waals surface area (Å²) in [5.41, 5.74) is 5.99. The van der Waals surface area contributed by atoms with Crippen LogP contribution in [-0.4, -0.2) is 49.2 Å². The molecule has 0 aliphatic rings. The highest BCUT2D eigenvalue weighted by molar-refractivity contribution is 5.92. The van der Waals surface area contributed by atoms with Crippen molar-refractivity contribution in [2.45, 2.75) is 19.4 Å². The molecule has 1 aromatic rings. The molecular formula is C16H22N4O4. The molecule has 3 amide bonds. The van der Waals surface area contributed by atoms with Crippen molar-refractivity contribution >= 4 is 23.5 Å². The van der Waals surface area contributed by atoms with Crippen LogP contribution in [0.1, 0.15) is 12.5 Å². The number of amides is 3. The van der Waals surface area contributed by atoms with Gasteiger partial charge in [-0.2, -0.15) is 0 Å². The molecule has 5 N–H and O–H groups in total. The third-order valence-corrected chi connectivity index (χ3v) is 3.08. The summed E-state index contributed by atoms with van der Waals surface area (Å²) in [7, 11) is 0. The molecule has 1 unspecified atom stereocenters. The van der Waals surface area contributed by atoms with E-state index in [2.05, 4.69) is 16.0 Å². The van der Waals surface area contributed by atoms with Crippen molar-refractivity contribution in [2.24, 2.45) is 5.73 Å². The third-order valence-electron chi connectivity index (χ3n) is 3.08. The van der Waals surface area contributed by atoms with Crippen LogP contribution in [0, 0.1) is 0 Å². The van der Waals surface area contributed by atoms with Crippen molar-refractivity contribution in [2.75, 3.05) is 19.6 Å². The predicted octanol–water partition coefficient (Wildman–Crippen LogP) is -1.51. The normalized spacial score (nSPS) is 11.2. The number of hydrogen-bond acceptors (Lipinski definition) is 5. The van der Waals surface area contributed by atoms with Gasteiger partial charge >= 0.3 is 0 Å². The van der Waals surface area contributed by atoms with Crippen LogP contribution < -0.4 is 21.7 Å². The fraction of sp³-hybridized carbons (Fsp3) is 0.375. The molecule has 0 saturated carbocycles. The first-order valence-corrected chi connectivity index (χ1v) is 7.49. The molecule has 8 nitrogen and oxygen atoms in total. The van der Waals surface area contributed by atoms with Gasteiger partial charge in [0.15, 0.2) is 0 Å². The van der Waals surface area contributed by atoms with Crippen LogP contribution in [0.15, 0.2) is 30.3 Å². The summed E-state index contributed by atoms with van der Waals surface area (Å²) in [6.07, 6.45) is 0.265. The van der Waals surface area contributed by atoms with Crippen LogP contribution in [0.25, 0.3) is 0 Å². The van der Waals surface area contributed by atoms with Gasteiger partial charge in [-0.15, -0.1) is 0 Å². The summed E-state index contributed by atoms with van der Waals surface area (Å²) in [6.45, 7) is 0.748. The first kappa shape index (κ1) is 19.3. The lowest BCUT2D eigenvalue weighted by Crippen LogP contribution is -2.51. The van der Waals surface area contributed by atoms with E-state index in [0.717, 1.165) is 5.56 Å². The van der Waals surface area contributed by atoms with Gasteiger partial charge in [-0.1, -0.05) is 30.3 Å². The molecule has 0 aromatic heterocycles. The van der Waals surface area contributed by atoms with E-state index in [0.29, 0.717) is 0 Å². The van der Waals surface area contributed by atoms with Gasteiger partial charge in [0.05, 0.1) is 19.6 Å². The molecule has 0 radical (unpaired) electrons. The quantitative estimate of drug-likeness (QED) is 0.436. The van der Waals surface area contributed by atoms with E-state index in [1.54, 1.807) is 0 Å². The molecule has 24 heavy (non-hydrogen) atoms. The number of ketones is 1. The number of Topliss-reactive ketones (excluding diaryl/α,β-unsaturated/α-hetero) is 1. The molecule has 0 saturated heterocycles.